The van der Waals surface area contributed by atoms with E-state index in [1.165, 1.54) is 18.7 Å². The first kappa shape index (κ1) is 25.0. The molecule has 0 fully saturated rings. The number of carbonyl (C=O) groups excluding carboxylic acids is 1. The predicted molar refractivity (Wildman–Crippen MR) is 135 cm³/mol. The lowest BCUT2D eigenvalue weighted by molar-refractivity contribution is -0.118. The van der Waals surface area contributed by atoms with Gasteiger partial charge in [0.05, 0.1) is 19.8 Å². The summed E-state index contributed by atoms with van der Waals surface area (Å²) in [6.45, 7) is 3.09. The Hall–Kier alpha value is -2.62. The molecule has 0 saturated carbocycles. The maximum absolute atomic E-state index is 11.0. The number of halogens is 1. The summed E-state index contributed by atoms with van der Waals surface area (Å²) in [5.74, 6) is 1.56. The van der Waals surface area contributed by atoms with Crippen LogP contribution >= 0.6 is 27.7 Å². The highest BCUT2D eigenvalue weighted by molar-refractivity contribution is 9.10. The average molecular weight is 531 g/mol. The quantitative estimate of drug-likeness (QED) is 0.215. The summed E-state index contributed by atoms with van der Waals surface area (Å²) in [7, 11) is 3.16. The molecule has 9 heteroatoms. The van der Waals surface area contributed by atoms with E-state index in [2.05, 4.69) is 66.9 Å². The average Bonchev–Trinajstić information content (AvgIpc) is 2.83. The Labute approximate surface area is 206 Å². The lowest BCUT2D eigenvalue weighted by atomic mass is 10.0. The fourth-order valence-corrected chi connectivity index (χ4v) is 4.83. The van der Waals surface area contributed by atoms with E-state index in [9.17, 15) is 4.79 Å². The number of amides is 1. The number of benzene rings is 2. The molecule has 0 radical (unpaired) electrons. The number of hydrogen-bond donors (Lipinski definition) is 2. The van der Waals surface area contributed by atoms with Crippen molar-refractivity contribution < 1.29 is 14.3 Å². The van der Waals surface area contributed by atoms with E-state index in [-0.39, 0.29) is 5.91 Å². The third-order valence-corrected chi connectivity index (χ3v) is 6.63. The van der Waals surface area contributed by atoms with E-state index >= 15 is 0 Å². The maximum Gasteiger partial charge on any atom is 0.225 e. The Morgan fingerprint density at radius 3 is 2.33 bits per heavy atom. The van der Waals surface area contributed by atoms with Gasteiger partial charge in [-0.1, -0.05) is 60.3 Å². The van der Waals surface area contributed by atoms with Gasteiger partial charge in [0.15, 0.2) is 5.16 Å². The molecule has 0 bridgehead atoms. The molecule has 1 amide bonds. The van der Waals surface area contributed by atoms with Crippen molar-refractivity contribution in [2.75, 3.05) is 27.3 Å². The molecule has 1 heterocycles. The lowest BCUT2D eigenvalue weighted by Crippen LogP contribution is -2.30. The van der Waals surface area contributed by atoms with Crippen LogP contribution in [0.2, 0.25) is 0 Å². The number of carbonyl (C=O) groups is 1. The molecule has 0 aliphatic rings. The summed E-state index contributed by atoms with van der Waals surface area (Å²) < 4.78 is 12.1. The summed E-state index contributed by atoms with van der Waals surface area (Å²) in [4.78, 5) is 20.1. The highest BCUT2D eigenvalue weighted by atomic mass is 79.9. The first-order valence-corrected chi connectivity index (χ1v) is 12.2. The second kappa shape index (κ2) is 12.6. The van der Waals surface area contributed by atoms with Crippen molar-refractivity contribution in [3.05, 3.63) is 64.1 Å². The van der Waals surface area contributed by atoms with Gasteiger partial charge in [-0.25, -0.2) is 0 Å². The molecular weight excluding hydrogens is 504 g/mol. The summed E-state index contributed by atoms with van der Waals surface area (Å²) >= 11 is 5.29. The number of hydrogen-bond acceptors (Lipinski definition) is 7. The van der Waals surface area contributed by atoms with E-state index in [1.54, 1.807) is 14.2 Å². The third-order valence-electron chi connectivity index (χ3n) is 4.80. The number of rotatable bonds is 11. The Bertz CT molecular complexity index is 1060. The van der Waals surface area contributed by atoms with E-state index in [0.717, 1.165) is 26.7 Å². The van der Waals surface area contributed by atoms with Gasteiger partial charge in [0, 0.05) is 36.8 Å². The largest absolute Gasteiger partial charge is 0.481 e. The molecule has 1 aromatic heterocycles. The smallest absolute Gasteiger partial charge is 0.225 e. The van der Waals surface area contributed by atoms with Crippen LogP contribution in [0.3, 0.4) is 0 Å². The predicted octanol–water partition coefficient (Wildman–Crippen LogP) is 4.44. The monoisotopic (exact) mass is 530 g/mol. The molecule has 0 aliphatic carbocycles. The van der Waals surface area contributed by atoms with Gasteiger partial charge in [0.2, 0.25) is 17.7 Å². The van der Waals surface area contributed by atoms with Crippen LogP contribution in [-0.4, -0.2) is 43.2 Å². The van der Waals surface area contributed by atoms with Crippen molar-refractivity contribution >= 4 is 33.6 Å². The van der Waals surface area contributed by atoms with Crippen LogP contribution in [-0.2, 0) is 17.1 Å². The number of ether oxygens (including phenoxy) is 2. The van der Waals surface area contributed by atoms with Crippen LogP contribution in [0.4, 0.5) is 0 Å². The van der Waals surface area contributed by atoms with Gasteiger partial charge in [0.1, 0.15) is 0 Å². The second-order valence-corrected chi connectivity index (χ2v) is 8.83. The first-order valence-electron chi connectivity index (χ1n) is 10.4. The maximum atomic E-state index is 11.0. The van der Waals surface area contributed by atoms with E-state index in [4.69, 9.17) is 9.47 Å². The number of nitrogens with zero attached hydrogens (tertiary/aromatic N) is 2. The zero-order chi connectivity index (χ0) is 23.6. The molecule has 2 aromatic carbocycles. The topological polar surface area (TPSA) is 85.4 Å². The fraction of sp³-hybridized carbons (Fsp3) is 0.292. The minimum Gasteiger partial charge on any atom is -0.481 e. The van der Waals surface area contributed by atoms with Crippen molar-refractivity contribution in [2.45, 2.75) is 24.4 Å². The number of methoxy groups -OCH3 is 2. The molecule has 0 spiro atoms. The molecule has 0 unspecified atom stereocenters. The standard InChI is InChI=1S/C24H27BrN4O3S/c1-16(30)27-13-12-26-14-20-22(31-2)28-24(29-23(20)32-3)33-15-18-10-7-11-19(21(18)25)17-8-5-4-6-9-17/h4-11,26H,12-15H2,1-3H3,(H,27,30). The fourth-order valence-electron chi connectivity index (χ4n) is 3.19. The van der Waals surface area contributed by atoms with Crippen LogP contribution in [0.1, 0.15) is 18.1 Å². The highest BCUT2D eigenvalue weighted by Crippen LogP contribution is 2.35. The molecule has 0 saturated heterocycles. The Balaban J connectivity index is 1.72. The molecule has 0 aliphatic heterocycles. The molecule has 3 rings (SSSR count). The van der Waals surface area contributed by atoms with Gasteiger partial charge in [-0.2, -0.15) is 9.97 Å². The Morgan fingerprint density at radius 2 is 1.70 bits per heavy atom. The summed E-state index contributed by atoms with van der Waals surface area (Å²) in [6, 6.07) is 16.5. The van der Waals surface area contributed by atoms with Crippen LogP contribution in [0.25, 0.3) is 11.1 Å². The van der Waals surface area contributed by atoms with Gasteiger partial charge < -0.3 is 20.1 Å². The van der Waals surface area contributed by atoms with Gasteiger partial charge in [-0.15, -0.1) is 0 Å². The van der Waals surface area contributed by atoms with Crippen LogP contribution in [0.15, 0.2) is 58.2 Å². The molecule has 3 aromatic rings. The SMILES string of the molecule is COc1nc(SCc2cccc(-c3ccccc3)c2Br)nc(OC)c1CNCCNC(C)=O. The zero-order valence-electron chi connectivity index (χ0n) is 18.9. The third kappa shape index (κ3) is 6.93. The van der Waals surface area contributed by atoms with Crippen molar-refractivity contribution in [1.29, 1.82) is 0 Å². The number of aromatic nitrogens is 2. The van der Waals surface area contributed by atoms with Crippen LogP contribution < -0.4 is 20.1 Å². The normalized spacial score (nSPS) is 10.7. The van der Waals surface area contributed by atoms with Crippen molar-refractivity contribution in [3.63, 3.8) is 0 Å². The lowest BCUT2D eigenvalue weighted by Gasteiger charge is -2.14. The van der Waals surface area contributed by atoms with Crippen molar-refractivity contribution in [3.8, 4) is 22.9 Å². The molecule has 2 N–H and O–H groups in total. The first-order chi connectivity index (χ1) is 16.0. The molecule has 33 heavy (non-hydrogen) atoms. The van der Waals surface area contributed by atoms with Crippen LogP contribution in [0, 0.1) is 0 Å². The number of nitrogens with one attached hydrogen (secondary N) is 2. The van der Waals surface area contributed by atoms with Gasteiger partial charge in [-0.3, -0.25) is 4.79 Å². The number of thioether (sulfide) groups is 1. The van der Waals surface area contributed by atoms with Crippen molar-refractivity contribution in [2.24, 2.45) is 0 Å². The summed E-state index contributed by atoms with van der Waals surface area (Å²) in [5, 5.41) is 6.56. The molecular formula is C24H27BrN4O3S. The minimum atomic E-state index is -0.0578. The molecule has 0 atom stereocenters. The van der Waals surface area contributed by atoms with Gasteiger partial charge in [-0.05, 0) is 32.6 Å². The van der Waals surface area contributed by atoms with Gasteiger partial charge >= 0.3 is 0 Å². The molecule has 174 valence electrons. The second-order valence-electron chi connectivity index (χ2n) is 7.10. The van der Waals surface area contributed by atoms with Gasteiger partial charge in [0.25, 0.3) is 0 Å². The van der Waals surface area contributed by atoms with Crippen molar-refractivity contribution in [1.82, 2.24) is 20.6 Å². The minimum absolute atomic E-state index is 0.0578. The summed E-state index contributed by atoms with van der Waals surface area (Å²) in [5.41, 5.74) is 4.18. The Kier molecular flexibility index (Phi) is 9.53. The molecule has 7 nitrogen and oxygen atoms in total. The summed E-state index contributed by atoms with van der Waals surface area (Å²) in [6.07, 6.45) is 0. The van der Waals surface area contributed by atoms with Crippen LogP contribution in [0.5, 0.6) is 11.8 Å². The van der Waals surface area contributed by atoms with E-state index < -0.39 is 0 Å². The zero-order valence-corrected chi connectivity index (χ0v) is 21.3. The highest BCUT2D eigenvalue weighted by Gasteiger charge is 2.17. The Morgan fingerprint density at radius 1 is 1.00 bits per heavy atom. The van der Waals surface area contributed by atoms with E-state index in [0.29, 0.717) is 42.3 Å². The van der Waals surface area contributed by atoms with E-state index in [1.807, 2.05) is 18.2 Å².